The average Bonchev–Trinajstić information content (AvgIpc) is 2.15. The second-order valence-corrected chi connectivity index (χ2v) is 5.39. The van der Waals surface area contributed by atoms with Crippen LogP contribution in [-0.2, 0) is 15.8 Å². The third-order valence-corrected chi connectivity index (χ3v) is 3.37. The molecule has 0 saturated heterocycles. The predicted molar refractivity (Wildman–Crippen MR) is 64.9 cm³/mol. The maximum atomic E-state index is 11.3. The first kappa shape index (κ1) is 13.6. The van der Waals surface area contributed by atoms with Crippen LogP contribution in [0.3, 0.4) is 0 Å². The van der Waals surface area contributed by atoms with E-state index in [1.165, 1.54) is 6.07 Å². The summed E-state index contributed by atoms with van der Waals surface area (Å²) in [6, 6.07) is 4.58. The minimum Gasteiger partial charge on any atom is -0.366 e. The first-order chi connectivity index (χ1) is 7.71. The molecule has 1 amide bonds. The number of carbonyl (C=O) groups excluding carboxylic acids is 1. The van der Waals surface area contributed by atoms with E-state index in [4.69, 9.17) is 5.73 Å². The first-order valence-electron chi connectivity index (χ1n) is 4.85. The highest BCUT2D eigenvalue weighted by Gasteiger charge is 2.22. The molecule has 0 aliphatic heterocycles. The van der Waals surface area contributed by atoms with Gasteiger partial charge >= 0.3 is 7.60 Å². The van der Waals surface area contributed by atoms with Gasteiger partial charge in [-0.3, -0.25) is 9.36 Å². The van der Waals surface area contributed by atoms with Crippen molar-refractivity contribution in [2.75, 3.05) is 0 Å². The van der Waals surface area contributed by atoms with Crippen molar-refractivity contribution < 1.29 is 19.1 Å². The van der Waals surface area contributed by atoms with E-state index in [-0.39, 0.29) is 17.3 Å². The van der Waals surface area contributed by atoms with Gasteiger partial charge in [0.2, 0.25) is 5.91 Å². The summed E-state index contributed by atoms with van der Waals surface area (Å²) in [7, 11) is -4.36. The fraction of sp³-hybridized carbons (Fsp3) is 0.182. The molecule has 0 saturated carbocycles. The van der Waals surface area contributed by atoms with Crippen LogP contribution in [0.1, 0.15) is 11.1 Å². The van der Waals surface area contributed by atoms with Gasteiger partial charge in [0, 0.05) is 12.0 Å². The summed E-state index contributed by atoms with van der Waals surface area (Å²) < 4.78 is 11.3. The van der Waals surface area contributed by atoms with E-state index >= 15 is 0 Å². The second kappa shape index (κ2) is 4.84. The molecule has 0 bridgehead atoms. The van der Waals surface area contributed by atoms with Crippen LogP contribution in [0.2, 0.25) is 0 Å². The van der Waals surface area contributed by atoms with Crippen molar-refractivity contribution in [3.63, 3.8) is 0 Å². The van der Waals surface area contributed by atoms with Gasteiger partial charge in [-0.15, -0.1) is 0 Å². The van der Waals surface area contributed by atoms with E-state index < -0.39 is 13.5 Å². The van der Waals surface area contributed by atoms with Crippen LogP contribution in [0.25, 0.3) is 0 Å². The van der Waals surface area contributed by atoms with Gasteiger partial charge < -0.3 is 15.5 Å². The van der Waals surface area contributed by atoms with Crippen molar-refractivity contribution in [1.82, 2.24) is 0 Å². The highest BCUT2D eigenvalue weighted by Crippen LogP contribution is 2.35. The molecule has 0 radical (unpaired) electrons. The number of aryl methyl sites for hydroxylation is 1. The van der Waals surface area contributed by atoms with Crippen molar-refractivity contribution in [2.24, 2.45) is 5.73 Å². The summed E-state index contributed by atoms with van der Waals surface area (Å²) in [6.07, 6.45) is 0.0391. The van der Waals surface area contributed by atoms with Gasteiger partial charge in [0.15, 0.2) is 0 Å². The fourth-order valence-corrected chi connectivity index (χ4v) is 2.24. The molecule has 4 N–H and O–H groups in total. The Hall–Kier alpha value is -1.42. The van der Waals surface area contributed by atoms with Crippen LogP contribution >= 0.6 is 7.60 Å². The third-order valence-electron chi connectivity index (χ3n) is 2.30. The number of benzene rings is 1. The molecular weight excluding hydrogens is 241 g/mol. The fourth-order valence-electron chi connectivity index (χ4n) is 1.46. The van der Waals surface area contributed by atoms with Crippen LogP contribution in [-0.4, -0.2) is 15.7 Å². The molecule has 0 unspecified atom stereocenters. The lowest BCUT2D eigenvalue weighted by Crippen LogP contribution is -2.18. The highest BCUT2D eigenvalue weighted by molar-refractivity contribution is 7.60. The van der Waals surface area contributed by atoms with E-state index in [1.54, 1.807) is 19.1 Å². The summed E-state index contributed by atoms with van der Waals surface area (Å²) in [5, 5.41) is -0.0921. The topological polar surface area (TPSA) is 101 Å². The van der Waals surface area contributed by atoms with Gasteiger partial charge in [-0.05, 0) is 18.6 Å². The molecule has 1 aromatic rings. The van der Waals surface area contributed by atoms with E-state index in [1.807, 2.05) is 0 Å². The zero-order valence-corrected chi connectivity index (χ0v) is 10.3. The second-order valence-electron chi connectivity index (χ2n) is 3.82. The van der Waals surface area contributed by atoms with Crippen LogP contribution < -0.4 is 11.0 Å². The Morgan fingerprint density at radius 1 is 1.47 bits per heavy atom. The highest BCUT2D eigenvalue weighted by atomic mass is 31.2. The molecule has 0 atom stereocenters. The Balaban J connectivity index is 3.21. The Bertz CT molecular complexity index is 518. The Morgan fingerprint density at radius 3 is 2.53 bits per heavy atom. The Labute approximate surface area is 99.1 Å². The maximum absolute atomic E-state index is 11.3. The molecule has 0 heterocycles. The van der Waals surface area contributed by atoms with E-state index in [9.17, 15) is 19.1 Å². The number of nitrogens with two attached hydrogens (primary N) is 1. The summed E-state index contributed by atoms with van der Waals surface area (Å²) in [4.78, 5) is 29.2. The van der Waals surface area contributed by atoms with Gasteiger partial charge in [-0.2, -0.15) is 0 Å². The molecule has 1 rings (SSSR count). The SMILES string of the molecule is C=C(Cc1cc(C)ccc1P(=O)(O)O)C(N)=O. The number of rotatable bonds is 4. The average molecular weight is 255 g/mol. The van der Waals surface area contributed by atoms with Crippen LogP contribution in [0.15, 0.2) is 30.4 Å². The van der Waals surface area contributed by atoms with Crippen LogP contribution in [0, 0.1) is 6.92 Å². The number of primary amides is 1. The molecule has 0 aliphatic carbocycles. The Morgan fingerprint density at radius 2 is 2.06 bits per heavy atom. The molecule has 0 spiro atoms. The smallest absolute Gasteiger partial charge is 0.356 e. The number of amides is 1. The van der Waals surface area contributed by atoms with Crippen molar-refractivity contribution in [2.45, 2.75) is 13.3 Å². The molecule has 17 heavy (non-hydrogen) atoms. The summed E-state index contributed by atoms with van der Waals surface area (Å²) >= 11 is 0. The lowest BCUT2D eigenvalue weighted by Gasteiger charge is -2.12. The lowest BCUT2D eigenvalue weighted by atomic mass is 10.0. The maximum Gasteiger partial charge on any atom is 0.356 e. The standard InChI is InChI=1S/C11H14NO4P/c1-7-3-4-10(17(14,15)16)9(5-7)6-8(2)11(12)13/h3-5H,2,6H2,1H3,(H2,12,13)(H2,14,15,16). The van der Waals surface area contributed by atoms with Gasteiger partial charge in [0.1, 0.15) is 0 Å². The molecule has 0 aliphatic rings. The van der Waals surface area contributed by atoms with Crippen molar-refractivity contribution in [1.29, 1.82) is 0 Å². The minimum atomic E-state index is -4.36. The zero-order valence-electron chi connectivity index (χ0n) is 9.38. The molecule has 92 valence electrons. The first-order valence-corrected chi connectivity index (χ1v) is 6.46. The molecule has 6 heteroatoms. The summed E-state index contributed by atoms with van der Waals surface area (Å²) in [6.45, 7) is 5.27. The summed E-state index contributed by atoms with van der Waals surface area (Å²) in [5.74, 6) is -0.678. The van der Waals surface area contributed by atoms with Gasteiger partial charge in [0.05, 0.1) is 5.30 Å². The quantitative estimate of drug-likeness (QED) is 0.535. The zero-order chi connectivity index (χ0) is 13.2. The van der Waals surface area contributed by atoms with E-state index in [2.05, 4.69) is 6.58 Å². The largest absolute Gasteiger partial charge is 0.366 e. The van der Waals surface area contributed by atoms with Crippen LogP contribution in [0.5, 0.6) is 0 Å². The molecule has 1 aromatic carbocycles. The molecule has 0 fully saturated rings. The van der Waals surface area contributed by atoms with Gasteiger partial charge in [-0.25, -0.2) is 0 Å². The van der Waals surface area contributed by atoms with Crippen molar-refractivity contribution >= 4 is 18.8 Å². The normalized spacial score (nSPS) is 11.2. The molecular formula is C11H14NO4P. The monoisotopic (exact) mass is 255 g/mol. The number of carbonyl (C=O) groups is 1. The molecule has 5 nitrogen and oxygen atoms in total. The van der Waals surface area contributed by atoms with E-state index in [0.29, 0.717) is 5.56 Å². The number of hydrogen-bond donors (Lipinski definition) is 3. The lowest BCUT2D eigenvalue weighted by molar-refractivity contribution is -0.114. The van der Waals surface area contributed by atoms with Gasteiger partial charge in [0.25, 0.3) is 0 Å². The van der Waals surface area contributed by atoms with E-state index in [0.717, 1.165) is 5.56 Å². The van der Waals surface area contributed by atoms with Crippen molar-refractivity contribution in [3.05, 3.63) is 41.5 Å². The Kier molecular flexibility index (Phi) is 3.88. The summed E-state index contributed by atoms with van der Waals surface area (Å²) in [5.41, 5.74) is 6.38. The predicted octanol–water partition coefficient (Wildman–Crippen LogP) is 0.382. The molecule has 0 aromatic heterocycles. The van der Waals surface area contributed by atoms with Gasteiger partial charge in [-0.1, -0.05) is 24.3 Å². The van der Waals surface area contributed by atoms with Crippen molar-refractivity contribution in [3.8, 4) is 0 Å². The third kappa shape index (κ3) is 3.53. The van der Waals surface area contributed by atoms with Crippen LogP contribution in [0.4, 0.5) is 0 Å². The minimum absolute atomic E-state index is 0.0391. The number of hydrogen-bond acceptors (Lipinski definition) is 2.